The van der Waals surface area contributed by atoms with Gasteiger partial charge in [-0.3, -0.25) is 4.79 Å². The molecule has 0 bridgehead atoms. The van der Waals surface area contributed by atoms with E-state index in [9.17, 15) is 9.18 Å². The van der Waals surface area contributed by atoms with Crippen molar-refractivity contribution in [3.8, 4) is 11.5 Å². The van der Waals surface area contributed by atoms with Crippen LogP contribution in [0.4, 0.5) is 15.9 Å². The quantitative estimate of drug-likeness (QED) is 0.727. The molecule has 0 atom stereocenters. The Morgan fingerprint density at radius 3 is 2.19 bits per heavy atom. The normalized spacial score (nSPS) is 10.4. The first-order valence-electron chi connectivity index (χ1n) is 8.01. The molecular formula is C20H18FN3O2. The van der Waals surface area contributed by atoms with E-state index in [2.05, 4.69) is 10.3 Å². The van der Waals surface area contributed by atoms with E-state index in [4.69, 9.17) is 10.5 Å². The number of halogens is 1. The van der Waals surface area contributed by atoms with Gasteiger partial charge in [-0.2, -0.15) is 0 Å². The van der Waals surface area contributed by atoms with Gasteiger partial charge in [0.25, 0.3) is 5.91 Å². The van der Waals surface area contributed by atoms with Gasteiger partial charge in [-0.25, -0.2) is 9.37 Å². The maximum Gasteiger partial charge on any atom is 0.259 e. The van der Waals surface area contributed by atoms with E-state index in [0.717, 1.165) is 11.3 Å². The number of carbonyl (C=O) groups excluding carboxylic acids is 1. The fourth-order valence-electron chi connectivity index (χ4n) is 2.60. The van der Waals surface area contributed by atoms with Crippen molar-refractivity contribution in [1.82, 2.24) is 4.98 Å². The summed E-state index contributed by atoms with van der Waals surface area (Å²) in [5.41, 5.74) is 8.37. The number of hydrogen-bond acceptors (Lipinski definition) is 4. The molecule has 1 heterocycles. The Labute approximate surface area is 150 Å². The molecule has 0 aliphatic rings. The summed E-state index contributed by atoms with van der Waals surface area (Å²) < 4.78 is 18.5. The SMILES string of the molecule is Cc1cc(C)c(C(=O)Nc2ccc(Oc3ccc(F)cc3)cc2)c(N)n1. The lowest BCUT2D eigenvalue weighted by molar-refractivity contribution is 0.102. The third kappa shape index (κ3) is 3.97. The summed E-state index contributed by atoms with van der Waals surface area (Å²) in [5, 5.41) is 2.79. The molecule has 2 aromatic carbocycles. The van der Waals surface area contributed by atoms with Gasteiger partial charge in [0.2, 0.25) is 0 Å². The zero-order chi connectivity index (χ0) is 18.7. The maximum absolute atomic E-state index is 12.9. The highest BCUT2D eigenvalue weighted by Gasteiger charge is 2.15. The number of anilines is 2. The second kappa shape index (κ2) is 7.23. The van der Waals surface area contributed by atoms with Gasteiger partial charge in [-0.15, -0.1) is 0 Å². The van der Waals surface area contributed by atoms with Crippen LogP contribution in [-0.2, 0) is 0 Å². The van der Waals surface area contributed by atoms with Gasteiger partial charge in [0.1, 0.15) is 23.1 Å². The van der Waals surface area contributed by atoms with E-state index in [1.807, 2.05) is 19.9 Å². The summed E-state index contributed by atoms with van der Waals surface area (Å²) in [4.78, 5) is 16.6. The van der Waals surface area contributed by atoms with Crippen molar-refractivity contribution in [3.63, 3.8) is 0 Å². The average Bonchev–Trinajstić information content (AvgIpc) is 2.58. The molecule has 132 valence electrons. The summed E-state index contributed by atoms with van der Waals surface area (Å²) in [6.45, 7) is 3.64. The Hall–Kier alpha value is -3.41. The second-order valence-corrected chi connectivity index (χ2v) is 5.88. The number of benzene rings is 2. The molecule has 6 heteroatoms. The minimum absolute atomic E-state index is 0.205. The van der Waals surface area contributed by atoms with E-state index in [1.165, 1.54) is 12.1 Å². The molecule has 0 unspecified atom stereocenters. The first-order valence-corrected chi connectivity index (χ1v) is 8.01. The molecule has 3 aromatic rings. The van der Waals surface area contributed by atoms with E-state index in [0.29, 0.717) is 22.7 Å². The number of rotatable bonds is 4. The topological polar surface area (TPSA) is 77.2 Å². The van der Waals surface area contributed by atoms with Crippen molar-refractivity contribution in [1.29, 1.82) is 0 Å². The Balaban J connectivity index is 1.71. The van der Waals surface area contributed by atoms with E-state index < -0.39 is 0 Å². The summed E-state index contributed by atoms with van der Waals surface area (Å²) in [5.74, 6) is 0.658. The molecule has 5 nitrogen and oxygen atoms in total. The van der Waals surface area contributed by atoms with Crippen molar-refractivity contribution in [2.24, 2.45) is 0 Å². The van der Waals surface area contributed by atoms with Gasteiger partial charge < -0.3 is 15.8 Å². The predicted molar refractivity (Wildman–Crippen MR) is 99.0 cm³/mol. The smallest absolute Gasteiger partial charge is 0.259 e. The largest absolute Gasteiger partial charge is 0.457 e. The Bertz CT molecular complexity index is 915. The molecule has 1 aromatic heterocycles. The Kier molecular flexibility index (Phi) is 4.84. The number of nitrogens with two attached hydrogens (primary N) is 1. The van der Waals surface area contributed by atoms with Crippen molar-refractivity contribution in [3.05, 3.63) is 77.2 Å². The monoisotopic (exact) mass is 351 g/mol. The molecular weight excluding hydrogens is 333 g/mol. The molecule has 0 saturated carbocycles. The molecule has 0 fully saturated rings. The number of aryl methyl sites for hydroxylation is 2. The molecule has 1 amide bonds. The minimum atomic E-state index is -0.324. The van der Waals surface area contributed by atoms with Gasteiger partial charge in [-0.1, -0.05) is 0 Å². The van der Waals surface area contributed by atoms with Gasteiger partial charge in [-0.05, 0) is 74.0 Å². The number of nitrogens with one attached hydrogen (secondary N) is 1. The van der Waals surface area contributed by atoms with E-state index in [-0.39, 0.29) is 17.5 Å². The summed E-state index contributed by atoms with van der Waals surface area (Å²) in [7, 11) is 0. The number of hydrogen-bond donors (Lipinski definition) is 2. The van der Waals surface area contributed by atoms with Gasteiger partial charge in [0.15, 0.2) is 0 Å². The third-order valence-corrected chi connectivity index (χ3v) is 3.76. The van der Waals surface area contributed by atoms with E-state index >= 15 is 0 Å². The number of ether oxygens (including phenoxy) is 1. The molecule has 0 aliphatic heterocycles. The van der Waals surface area contributed by atoms with Crippen molar-refractivity contribution < 1.29 is 13.9 Å². The predicted octanol–water partition coefficient (Wildman–Crippen LogP) is 4.46. The average molecular weight is 351 g/mol. The Morgan fingerprint density at radius 2 is 1.62 bits per heavy atom. The lowest BCUT2D eigenvalue weighted by Crippen LogP contribution is -2.17. The zero-order valence-electron chi connectivity index (χ0n) is 14.4. The van der Waals surface area contributed by atoms with Gasteiger partial charge in [0, 0.05) is 11.4 Å². The number of amides is 1. The van der Waals surface area contributed by atoms with Crippen LogP contribution < -0.4 is 15.8 Å². The molecule has 0 radical (unpaired) electrons. The molecule has 3 N–H and O–H groups in total. The lowest BCUT2D eigenvalue weighted by atomic mass is 10.1. The third-order valence-electron chi connectivity index (χ3n) is 3.76. The van der Waals surface area contributed by atoms with Crippen LogP contribution in [-0.4, -0.2) is 10.9 Å². The minimum Gasteiger partial charge on any atom is -0.457 e. The standard InChI is InChI=1S/C20H18FN3O2/c1-12-11-13(2)23-19(22)18(12)20(25)24-15-5-9-17(10-6-15)26-16-7-3-14(21)4-8-16/h3-11H,1-2H3,(H2,22,23)(H,24,25). The summed E-state index contributed by atoms with van der Waals surface area (Å²) in [6, 6.07) is 14.4. The van der Waals surface area contributed by atoms with Gasteiger partial charge >= 0.3 is 0 Å². The number of aromatic nitrogens is 1. The van der Waals surface area contributed by atoms with Crippen molar-refractivity contribution >= 4 is 17.4 Å². The number of carbonyl (C=O) groups is 1. The van der Waals surface area contributed by atoms with Crippen LogP contribution in [0, 0.1) is 19.7 Å². The molecule has 26 heavy (non-hydrogen) atoms. The summed E-state index contributed by atoms with van der Waals surface area (Å²) in [6.07, 6.45) is 0. The van der Waals surface area contributed by atoms with Crippen LogP contribution in [0.3, 0.4) is 0 Å². The molecule has 0 saturated heterocycles. The van der Waals surface area contributed by atoms with Crippen molar-refractivity contribution in [2.45, 2.75) is 13.8 Å². The van der Waals surface area contributed by atoms with E-state index in [1.54, 1.807) is 36.4 Å². The summed E-state index contributed by atoms with van der Waals surface area (Å²) >= 11 is 0. The zero-order valence-corrected chi connectivity index (χ0v) is 14.4. The fourth-order valence-corrected chi connectivity index (χ4v) is 2.60. The highest BCUT2D eigenvalue weighted by Crippen LogP contribution is 2.24. The highest BCUT2D eigenvalue weighted by atomic mass is 19.1. The lowest BCUT2D eigenvalue weighted by Gasteiger charge is -2.11. The van der Waals surface area contributed by atoms with Crippen LogP contribution in [0.15, 0.2) is 54.6 Å². The fraction of sp³-hybridized carbons (Fsp3) is 0.100. The molecule has 0 spiro atoms. The van der Waals surface area contributed by atoms with Crippen LogP contribution in [0.25, 0.3) is 0 Å². The first-order chi connectivity index (χ1) is 12.4. The Morgan fingerprint density at radius 1 is 1.04 bits per heavy atom. The number of pyridine rings is 1. The molecule has 0 aliphatic carbocycles. The number of nitrogens with zero attached hydrogens (tertiary/aromatic N) is 1. The maximum atomic E-state index is 12.9. The van der Waals surface area contributed by atoms with Crippen LogP contribution in [0.1, 0.15) is 21.6 Å². The highest BCUT2D eigenvalue weighted by molar-refractivity contribution is 6.08. The second-order valence-electron chi connectivity index (χ2n) is 5.88. The molecule has 3 rings (SSSR count). The van der Waals surface area contributed by atoms with Gasteiger partial charge in [0.05, 0.1) is 5.56 Å². The van der Waals surface area contributed by atoms with Crippen LogP contribution >= 0.6 is 0 Å². The van der Waals surface area contributed by atoms with Crippen LogP contribution in [0.5, 0.6) is 11.5 Å². The first kappa shape index (κ1) is 17.4. The number of nitrogen functional groups attached to an aromatic ring is 1. The van der Waals surface area contributed by atoms with Crippen LogP contribution in [0.2, 0.25) is 0 Å². The van der Waals surface area contributed by atoms with Crippen molar-refractivity contribution in [2.75, 3.05) is 11.1 Å².